The fourth-order valence-corrected chi connectivity index (χ4v) is 2.34. The summed E-state index contributed by atoms with van der Waals surface area (Å²) in [6.07, 6.45) is 0. The van der Waals surface area contributed by atoms with Gasteiger partial charge in [-0.25, -0.2) is 0 Å². The van der Waals surface area contributed by atoms with Crippen LogP contribution in [0.1, 0.15) is 5.56 Å². The van der Waals surface area contributed by atoms with E-state index >= 15 is 0 Å². The zero-order chi connectivity index (χ0) is 13.9. The average Bonchev–Trinajstić information content (AvgIpc) is 2.97. The minimum absolute atomic E-state index is 0.774. The first-order valence-electron chi connectivity index (χ1n) is 6.60. The number of methoxy groups -OCH3 is 1. The zero-order valence-corrected chi connectivity index (χ0v) is 11.4. The minimum atomic E-state index is 0.774. The van der Waals surface area contributed by atoms with Crippen molar-refractivity contribution in [3.63, 3.8) is 0 Å². The highest BCUT2D eigenvalue weighted by atomic mass is 16.5. The van der Waals surface area contributed by atoms with E-state index in [2.05, 4.69) is 9.89 Å². The molecule has 0 aliphatic carbocycles. The monoisotopic (exact) mass is 267 g/mol. The van der Waals surface area contributed by atoms with Gasteiger partial charge in [0.25, 0.3) is 0 Å². The average molecular weight is 267 g/mol. The van der Waals surface area contributed by atoms with Gasteiger partial charge in [-0.2, -0.15) is 0 Å². The molecule has 4 heteroatoms. The molecule has 0 saturated carbocycles. The summed E-state index contributed by atoms with van der Waals surface area (Å²) in [5.74, 6) is 1.85. The van der Waals surface area contributed by atoms with Gasteiger partial charge in [0, 0.05) is 23.5 Å². The van der Waals surface area contributed by atoms with Gasteiger partial charge in [0.1, 0.15) is 11.6 Å². The van der Waals surface area contributed by atoms with Crippen molar-refractivity contribution in [2.75, 3.05) is 30.8 Å². The van der Waals surface area contributed by atoms with Gasteiger partial charge in [0.05, 0.1) is 13.7 Å². The Morgan fingerprint density at radius 2 is 1.75 bits per heavy atom. The van der Waals surface area contributed by atoms with Crippen LogP contribution < -0.4 is 15.4 Å². The van der Waals surface area contributed by atoms with Gasteiger partial charge in [-0.15, -0.1) is 0 Å². The summed E-state index contributed by atoms with van der Waals surface area (Å²) in [4.78, 5) is 6.82. The predicted molar refractivity (Wildman–Crippen MR) is 82.6 cm³/mol. The van der Waals surface area contributed by atoms with Crippen LogP contribution >= 0.6 is 0 Å². The maximum absolute atomic E-state index is 5.74. The highest BCUT2D eigenvalue weighted by Gasteiger charge is 2.20. The van der Waals surface area contributed by atoms with E-state index in [1.54, 1.807) is 7.11 Å². The lowest BCUT2D eigenvalue weighted by molar-refractivity contribution is 0.415. The largest absolute Gasteiger partial charge is 0.497 e. The van der Waals surface area contributed by atoms with Crippen molar-refractivity contribution in [1.82, 2.24) is 0 Å². The molecule has 0 radical (unpaired) electrons. The molecular weight excluding hydrogens is 250 g/mol. The molecule has 1 aliphatic heterocycles. The third-order valence-electron chi connectivity index (χ3n) is 3.39. The first-order valence-corrected chi connectivity index (χ1v) is 6.60. The number of ether oxygens (including phenoxy) is 1. The maximum Gasteiger partial charge on any atom is 0.135 e. The number of nitrogen functional groups attached to an aromatic ring is 1. The quantitative estimate of drug-likeness (QED) is 0.869. The van der Waals surface area contributed by atoms with Crippen LogP contribution in [0.15, 0.2) is 53.5 Å². The van der Waals surface area contributed by atoms with Crippen LogP contribution in [0.4, 0.5) is 11.4 Å². The molecule has 20 heavy (non-hydrogen) atoms. The van der Waals surface area contributed by atoms with Crippen molar-refractivity contribution in [2.45, 2.75) is 0 Å². The van der Waals surface area contributed by atoms with Crippen molar-refractivity contribution in [3.05, 3.63) is 54.1 Å². The molecule has 0 unspecified atom stereocenters. The third kappa shape index (κ3) is 2.32. The number of nitrogens with two attached hydrogens (primary N) is 1. The number of amidine groups is 1. The lowest BCUT2D eigenvalue weighted by atomic mass is 10.1. The summed E-state index contributed by atoms with van der Waals surface area (Å²) in [7, 11) is 1.67. The van der Waals surface area contributed by atoms with Crippen LogP contribution in [0.5, 0.6) is 5.75 Å². The first-order chi connectivity index (χ1) is 9.78. The van der Waals surface area contributed by atoms with E-state index in [0.717, 1.165) is 41.6 Å². The number of anilines is 2. The van der Waals surface area contributed by atoms with Crippen LogP contribution in [0.2, 0.25) is 0 Å². The summed E-state index contributed by atoms with van der Waals surface area (Å²) >= 11 is 0. The first kappa shape index (κ1) is 12.5. The highest BCUT2D eigenvalue weighted by Crippen LogP contribution is 2.23. The second kappa shape index (κ2) is 5.25. The Kier molecular flexibility index (Phi) is 3.29. The topological polar surface area (TPSA) is 50.8 Å². The van der Waals surface area contributed by atoms with Gasteiger partial charge in [-0.1, -0.05) is 0 Å². The summed E-state index contributed by atoms with van der Waals surface area (Å²) in [5, 5.41) is 0. The predicted octanol–water partition coefficient (Wildman–Crippen LogP) is 2.54. The Bertz CT molecular complexity index is 617. The Labute approximate surface area is 118 Å². The zero-order valence-electron chi connectivity index (χ0n) is 11.4. The summed E-state index contributed by atoms with van der Waals surface area (Å²) < 4.78 is 5.19. The van der Waals surface area contributed by atoms with Crippen LogP contribution in [0.3, 0.4) is 0 Å². The summed E-state index contributed by atoms with van der Waals surface area (Å²) in [5.41, 5.74) is 8.73. The number of benzene rings is 2. The van der Waals surface area contributed by atoms with Crippen molar-refractivity contribution in [2.24, 2.45) is 4.99 Å². The standard InChI is InChI=1S/C16H17N3O/c1-20-15-8-2-12(3-9-15)16-18-10-11-19(16)14-6-4-13(17)5-7-14/h2-9H,10-11,17H2,1H3. The molecule has 3 rings (SSSR count). The molecule has 2 N–H and O–H groups in total. The summed E-state index contributed by atoms with van der Waals surface area (Å²) in [6.45, 7) is 1.71. The molecule has 2 aromatic rings. The Morgan fingerprint density at radius 1 is 1.05 bits per heavy atom. The second-order valence-corrected chi connectivity index (χ2v) is 4.68. The Balaban J connectivity index is 1.89. The second-order valence-electron chi connectivity index (χ2n) is 4.68. The van der Waals surface area contributed by atoms with Gasteiger partial charge < -0.3 is 15.4 Å². The van der Waals surface area contributed by atoms with E-state index in [-0.39, 0.29) is 0 Å². The molecule has 0 saturated heterocycles. The van der Waals surface area contributed by atoms with Gasteiger partial charge >= 0.3 is 0 Å². The Hall–Kier alpha value is -2.49. The molecule has 0 fully saturated rings. The van der Waals surface area contributed by atoms with Gasteiger partial charge in [-0.3, -0.25) is 4.99 Å². The number of nitrogens with zero attached hydrogens (tertiary/aromatic N) is 2. The van der Waals surface area contributed by atoms with Crippen LogP contribution in [0, 0.1) is 0 Å². The van der Waals surface area contributed by atoms with Crippen LogP contribution in [-0.4, -0.2) is 26.0 Å². The molecule has 0 atom stereocenters. The van der Waals surface area contributed by atoms with E-state index in [1.807, 2.05) is 48.5 Å². The molecule has 4 nitrogen and oxygen atoms in total. The summed E-state index contributed by atoms with van der Waals surface area (Å²) in [6, 6.07) is 15.9. The smallest absolute Gasteiger partial charge is 0.135 e. The number of hydrogen-bond acceptors (Lipinski definition) is 4. The van der Waals surface area contributed by atoms with Crippen molar-refractivity contribution >= 4 is 17.2 Å². The Morgan fingerprint density at radius 3 is 2.40 bits per heavy atom. The van der Waals surface area contributed by atoms with Gasteiger partial charge in [-0.05, 0) is 48.5 Å². The third-order valence-corrected chi connectivity index (χ3v) is 3.39. The highest BCUT2D eigenvalue weighted by molar-refractivity contribution is 6.11. The molecule has 1 heterocycles. The number of hydrogen-bond donors (Lipinski definition) is 1. The molecule has 2 aromatic carbocycles. The van der Waals surface area contributed by atoms with E-state index in [4.69, 9.17) is 10.5 Å². The number of rotatable bonds is 3. The molecule has 0 aromatic heterocycles. The number of aliphatic imine (C=N–C) groups is 1. The lowest BCUT2D eigenvalue weighted by Gasteiger charge is -2.21. The molecule has 0 spiro atoms. The van der Waals surface area contributed by atoms with Crippen molar-refractivity contribution in [1.29, 1.82) is 0 Å². The van der Waals surface area contributed by atoms with Crippen LogP contribution in [0.25, 0.3) is 0 Å². The minimum Gasteiger partial charge on any atom is -0.497 e. The fourth-order valence-electron chi connectivity index (χ4n) is 2.34. The van der Waals surface area contributed by atoms with Crippen LogP contribution in [-0.2, 0) is 0 Å². The van der Waals surface area contributed by atoms with Crippen molar-refractivity contribution in [3.8, 4) is 5.75 Å². The van der Waals surface area contributed by atoms with E-state index in [0.29, 0.717) is 0 Å². The molecule has 102 valence electrons. The molecule has 1 aliphatic rings. The molecular formula is C16H17N3O. The van der Waals surface area contributed by atoms with Gasteiger partial charge in [0.2, 0.25) is 0 Å². The van der Waals surface area contributed by atoms with E-state index in [9.17, 15) is 0 Å². The SMILES string of the molecule is COc1ccc(C2=NCCN2c2ccc(N)cc2)cc1. The molecule has 0 amide bonds. The lowest BCUT2D eigenvalue weighted by Crippen LogP contribution is -2.28. The maximum atomic E-state index is 5.74. The van der Waals surface area contributed by atoms with Gasteiger partial charge in [0.15, 0.2) is 0 Å². The molecule has 0 bridgehead atoms. The normalized spacial score (nSPS) is 14.2. The van der Waals surface area contributed by atoms with E-state index < -0.39 is 0 Å². The van der Waals surface area contributed by atoms with E-state index in [1.165, 1.54) is 0 Å². The fraction of sp³-hybridized carbons (Fsp3) is 0.188. The van der Waals surface area contributed by atoms with Crippen molar-refractivity contribution < 1.29 is 4.74 Å².